The first kappa shape index (κ1) is 11.8. The van der Waals surface area contributed by atoms with Crippen molar-refractivity contribution in [3.63, 3.8) is 0 Å². The standard InChI is InChI=1S/C8H15BrN2O3S/c9-8-1-2-11(7-8)15(12,13)10-3-5-14-6-4-10/h8H,1-7H2. The normalized spacial score (nSPS) is 30.9. The predicted octanol–water partition coefficient (Wildman–Crippen LogP) is 0.0326. The fourth-order valence-corrected chi connectivity index (χ4v) is 4.23. The minimum Gasteiger partial charge on any atom is -0.379 e. The van der Waals surface area contributed by atoms with E-state index < -0.39 is 10.2 Å². The van der Waals surface area contributed by atoms with E-state index in [1.54, 1.807) is 4.31 Å². The van der Waals surface area contributed by atoms with Crippen molar-refractivity contribution < 1.29 is 13.2 Å². The molecule has 2 heterocycles. The molecule has 0 aromatic carbocycles. The van der Waals surface area contributed by atoms with Crippen molar-refractivity contribution in [3.8, 4) is 0 Å². The van der Waals surface area contributed by atoms with E-state index in [1.807, 2.05) is 0 Å². The van der Waals surface area contributed by atoms with E-state index in [4.69, 9.17) is 4.74 Å². The number of nitrogens with zero attached hydrogens (tertiary/aromatic N) is 2. The molecule has 1 unspecified atom stereocenters. The monoisotopic (exact) mass is 298 g/mol. The van der Waals surface area contributed by atoms with Gasteiger partial charge in [0.05, 0.1) is 13.2 Å². The Morgan fingerprint density at radius 2 is 1.80 bits per heavy atom. The molecule has 1 atom stereocenters. The molecule has 0 radical (unpaired) electrons. The van der Waals surface area contributed by atoms with Crippen molar-refractivity contribution in [1.82, 2.24) is 8.61 Å². The van der Waals surface area contributed by atoms with E-state index in [0.717, 1.165) is 6.42 Å². The van der Waals surface area contributed by atoms with Crippen LogP contribution in [-0.4, -0.2) is 61.2 Å². The summed E-state index contributed by atoms with van der Waals surface area (Å²) in [6, 6.07) is 0. The molecule has 0 spiro atoms. The van der Waals surface area contributed by atoms with Gasteiger partial charge >= 0.3 is 0 Å². The fraction of sp³-hybridized carbons (Fsp3) is 1.00. The Kier molecular flexibility index (Phi) is 3.67. The maximum absolute atomic E-state index is 12.1. The van der Waals surface area contributed by atoms with Crippen LogP contribution in [-0.2, 0) is 14.9 Å². The quantitative estimate of drug-likeness (QED) is 0.676. The molecule has 7 heteroatoms. The van der Waals surface area contributed by atoms with Crippen LogP contribution in [0.4, 0.5) is 0 Å². The second-order valence-corrected chi connectivity index (χ2v) is 6.99. The lowest BCUT2D eigenvalue weighted by molar-refractivity contribution is 0.0706. The number of morpholine rings is 1. The molecule has 0 aromatic heterocycles. The zero-order valence-corrected chi connectivity index (χ0v) is 10.8. The lowest BCUT2D eigenvalue weighted by atomic mass is 10.4. The van der Waals surface area contributed by atoms with Gasteiger partial charge in [-0.25, -0.2) is 0 Å². The molecule has 2 aliphatic rings. The minimum absolute atomic E-state index is 0.299. The van der Waals surface area contributed by atoms with Crippen LogP contribution in [0.25, 0.3) is 0 Å². The summed E-state index contributed by atoms with van der Waals surface area (Å²) in [6.07, 6.45) is 0.892. The van der Waals surface area contributed by atoms with Crippen molar-refractivity contribution in [2.75, 3.05) is 39.4 Å². The summed E-state index contributed by atoms with van der Waals surface area (Å²) in [6.45, 7) is 3.17. The Labute approximate surface area is 98.7 Å². The average molecular weight is 299 g/mol. The predicted molar refractivity (Wildman–Crippen MR) is 60.2 cm³/mol. The van der Waals surface area contributed by atoms with Crippen LogP contribution in [0.3, 0.4) is 0 Å². The lowest BCUT2D eigenvalue weighted by Gasteiger charge is -2.29. The number of ether oxygens (including phenoxy) is 1. The average Bonchev–Trinajstić information content (AvgIpc) is 2.67. The van der Waals surface area contributed by atoms with Crippen LogP contribution in [0.5, 0.6) is 0 Å². The van der Waals surface area contributed by atoms with Crippen molar-refractivity contribution in [3.05, 3.63) is 0 Å². The molecule has 2 rings (SSSR count). The number of hydrogen-bond donors (Lipinski definition) is 0. The first-order valence-electron chi connectivity index (χ1n) is 5.08. The van der Waals surface area contributed by atoms with Gasteiger partial charge in [0.25, 0.3) is 10.2 Å². The van der Waals surface area contributed by atoms with Crippen molar-refractivity contribution in [2.45, 2.75) is 11.2 Å². The van der Waals surface area contributed by atoms with Gasteiger partial charge in [-0.1, -0.05) is 15.9 Å². The summed E-state index contributed by atoms with van der Waals surface area (Å²) >= 11 is 3.45. The maximum Gasteiger partial charge on any atom is 0.282 e. The number of hydrogen-bond acceptors (Lipinski definition) is 3. The minimum atomic E-state index is -3.24. The third kappa shape index (κ3) is 2.52. The summed E-state index contributed by atoms with van der Waals surface area (Å²) in [5.74, 6) is 0. The van der Waals surface area contributed by atoms with Gasteiger partial charge in [0.1, 0.15) is 0 Å². The molecule has 0 amide bonds. The summed E-state index contributed by atoms with van der Waals surface area (Å²) in [7, 11) is -3.24. The first-order valence-corrected chi connectivity index (χ1v) is 7.39. The topological polar surface area (TPSA) is 49.9 Å². The highest BCUT2D eigenvalue weighted by Gasteiger charge is 2.35. The van der Waals surface area contributed by atoms with Gasteiger partial charge in [-0.3, -0.25) is 0 Å². The van der Waals surface area contributed by atoms with Crippen molar-refractivity contribution in [2.24, 2.45) is 0 Å². The van der Waals surface area contributed by atoms with Gasteiger partial charge in [0, 0.05) is 31.0 Å². The lowest BCUT2D eigenvalue weighted by Crippen LogP contribution is -2.47. The Hall–Kier alpha value is 0.310. The molecule has 5 nitrogen and oxygen atoms in total. The van der Waals surface area contributed by atoms with E-state index in [1.165, 1.54) is 4.31 Å². The van der Waals surface area contributed by atoms with E-state index in [0.29, 0.717) is 44.2 Å². The summed E-state index contributed by atoms with van der Waals surface area (Å²) in [5, 5.41) is 0. The molecular formula is C8H15BrN2O3S. The Morgan fingerprint density at radius 1 is 1.13 bits per heavy atom. The molecule has 0 N–H and O–H groups in total. The van der Waals surface area contributed by atoms with Gasteiger partial charge in [0.15, 0.2) is 0 Å². The zero-order chi connectivity index (χ0) is 10.9. The molecule has 2 aliphatic heterocycles. The molecule has 0 aliphatic carbocycles. The fourth-order valence-electron chi connectivity index (χ4n) is 1.84. The van der Waals surface area contributed by atoms with Gasteiger partial charge in [-0.2, -0.15) is 17.0 Å². The second kappa shape index (κ2) is 4.67. The van der Waals surface area contributed by atoms with Gasteiger partial charge in [-0.15, -0.1) is 0 Å². The molecular weight excluding hydrogens is 284 g/mol. The van der Waals surface area contributed by atoms with Crippen LogP contribution in [0.2, 0.25) is 0 Å². The summed E-state index contributed by atoms with van der Waals surface area (Å²) in [5.41, 5.74) is 0. The highest BCUT2D eigenvalue weighted by atomic mass is 79.9. The van der Waals surface area contributed by atoms with Crippen LogP contribution in [0, 0.1) is 0 Å². The largest absolute Gasteiger partial charge is 0.379 e. The summed E-state index contributed by atoms with van der Waals surface area (Å²) < 4.78 is 32.4. The Bertz CT molecular complexity index is 305. The molecule has 0 saturated carbocycles. The Morgan fingerprint density at radius 3 is 2.33 bits per heavy atom. The van der Waals surface area contributed by atoms with Crippen LogP contribution in [0.1, 0.15) is 6.42 Å². The second-order valence-electron chi connectivity index (χ2n) is 3.76. The third-order valence-electron chi connectivity index (χ3n) is 2.72. The van der Waals surface area contributed by atoms with Crippen LogP contribution in [0.15, 0.2) is 0 Å². The number of rotatable bonds is 2. The number of alkyl halides is 1. The van der Waals surface area contributed by atoms with Gasteiger partial charge in [0.2, 0.25) is 0 Å². The van der Waals surface area contributed by atoms with Crippen LogP contribution < -0.4 is 0 Å². The highest BCUT2D eigenvalue weighted by Crippen LogP contribution is 2.22. The molecule has 0 aromatic rings. The zero-order valence-electron chi connectivity index (χ0n) is 8.43. The van der Waals surface area contributed by atoms with Crippen molar-refractivity contribution in [1.29, 1.82) is 0 Å². The molecule has 88 valence electrons. The molecule has 15 heavy (non-hydrogen) atoms. The van der Waals surface area contributed by atoms with Gasteiger partial charge < -0.3 is 4.74 Å². The number of halogens is 1. The van der Waals surface area contributed by atoms with E-state index in [2.05, 4.69) is 15.9 Å². The van der Waals surface area contributed by atoms with Gasteiger partial charge in [-0.05, 0) is 6.42 Å². The van der Waals surface area contributed by atoms with Crippen LogP contribution >= 0.6 is 15.9 Å². The maximum atomic E-state index is 12.1. The smallest absolute Gasteiger partial charge is 0.282 e. The SMILES string of the molecule is O=S(=O)(N1CCOCC1)N1CCC(Br)C1. The summed E-state index contributed by atoms with van der Waals surface area (Å²) in [4.78, 5) is 0.299. The van der Waals surface area contributed by atoms with E-state index >= 15 is 0 Å². The van der Waals surface area contributed by atoms with E-state index in [9.17, 15) is 8.42 Å². The Balaban J connectivity index is 2.05. The van der Waals surface area contributed by atoms with E-state index in [-0.39, 0.29) is 0 Å². The highest BCUT2D eigenvalue weighted by molar-refractivity contribution is 9.09. The first-order chi connectivity index (χ1) is 7.10. The third-order valence-corrected chi connectivity index (χ3v) is 5.47. The molecule has 2 saturated heterocycles. The molecule has 0 bridgehead atoms. The van der Waals surface area contributed by atoms with Crippen molar-refractivity contribution >= 4 is 26.1 Å². The molecule has 2 fully saturated rings.